The predicted molar refractivity (Wildman–Crippen MR) is 61.6 cm³/mol. The van der Waals surface area contributed by atoms with E-state index in [-0.39, 0.29) is 5.82 Å². The van der Waals surface area contributed by atoms with E-state index in [2.05, 4.69) is 10.4 Å². The fourth-order valence-electron chi connectivity index (χ4n) is 1.43. The second kappa shape index (κ2) is 4.79. The molecular formula is C12H14FN3. The molecule has 1 N–H and O–H groups in total. The van der Waals surface area contributed by atoms with Crippen LogP contribution in [0.15, 0.2) is 36.5 Å². The zero-order valence-corrected chi connectivity index (χ0v) is 9.15. The average molecular weight is 219 g/mol. The molecule has 16 heavy (non-hydrogen) atoms. The summed E-state index contributed by atoms with van der Waals surface area (Å²) < 4.78 is 14.5. The molecule has 0 fully saturated rings. The van der Waals surface area contributed by atoms with Crippen LogP contribution in [0, 0.1) is 5.82 Å². The maximum atomic E-state index is 12.7. The van der Waals surface area contributed by atoms with E-state index in [0.29, 0.717) is 6.54 Å². The number of halogens is 1. The lowest BCUT2D eigenvalue weighted by Crippen LogP contribution is -2.01. The van der Waals surface area contributed by atoms with Crippen LogP contribution in [-0.4, -0.2) is 9.78 Å². The Morgan fingerprint density at radius 1 is 1.25 bits per heavy atom. The van der Waals surface area contributed by atoms with E-state index >= 15 is 0 Å². The molecule has 0 radical (unpaired) electrons. The van der Waals surface area contributed by atoms with E-state index < -0.39 is 0 Å². The minimum Gasteiger partial charge on any atom is -0.365 e. The van der Waals surface area contributed by atoms with E-state index in [4.69, 9.17) is 0 Å². The van der Waals surface area contributed by atoms with Gasteiger partial charge in [0.15, 0.2) is 0 Å². The van der Waals surface area contributed by atoms with E-state index in [1.165, 1.54) is 12.1 Å². The van der Waals surface area contributed by atoms with Crippen LogP contribution in [0.1, 0.15) is 12.5 Å². The Labute approximate surface area is 93.9 Å². The molecule has 2 aromatic rings. The van der Waals surface area contributed by atoms with Crippen molar-refractivity contribution >= 4 is 5.82 Å². The summed E-state index contributed by atoms with van der Waals surface area (Å²) in [4.78, 5) is 0. The highest BCUT2D eigenvalue weighted by Gasteiger charge is 1.97. The smallest absolute Gasteiger partial charge is 0.148 e. The van der Waals surface area contributed by atoms with Gasteiger partial charge in [0.1, 0.15) is 11.6 Å². The molecule has 0 bridgehead atoms. The zero-order valence-electron chi connectivity index (χ0n) is 9.15. The number of aryl methyl sites for hydroxylation is 1. The highest BCUT2D eigenvalue weighted by molar-refractivity contribution is 5.33. The Bertz CT molecular complexity index is 448. The van der Waals surface area contributed by atoms with Crippen molar-refractivity contribution in [2.24, 2.45) is 0 Å². The third-order valence-corrected chi connectivity index (χ3v) is 2.35. The van der Waals surface area contributed by atoms with Gasteiger partial charge in [-0.05, 0) is 24.6 Å². The van der Waals surface area contributed by atoms with E-state index in [0.717, 1.165) is 17.9 Å². The van der Waals surface area contributed by atoms with Crippen molar-refractivity contribution in [1.82, 2.24) is 9.78 Å². The predicted octanol–water partition coefficient (Wildman–Crippen LogP) is 2.65. The number of nitrogens with zero attached hydrogens (tertiary/aromatic N) is 2. The van der Waals surface area contributed by atoms with Crippen molar-refractivity contribution in [3.05, 3.63) is 47.9 Å². The molecule has 84 valence electrons. The first-order valence-electron chi connectivity index (χ1n) is 5.29. The molecule has 1 heterocycles. The molecule has 0 aliphatic heterocycles. The van der Waals surface area contributed by atoms with Gasteiger partial charge in [-0.2, -0.15) is 5.10 Å². The fraction of sp³-hybridized carbons (Fsp3) is 0.250. The lowest BCUT2D eigenvalue weighted by molar-refractivity contribution is 0.627. The van der Waals surface area contributed by atoms with E-state index in [9.17, 15) is 4.39 Å². The van der Waals surface area contributed by atoms with Crippen molar-refractivity contribution in [2.75, 3.05) is 5.32 Å². The molecule has 0 saturated heterocycles. The lowest BCUT2D eigenvalue weighted by Gasteiger charge is -2.02. The summed E-state index contributed by atoms with van der Waals surface area (Å²) in [6.45, 7) is 3.55. The average Bonchev–Trinajstić information content (AvgIpc) is 2.76. The summed E-state index contributed by atoms with van der Waals surface area (Å²) in [7, 11) is 0. The first-order chi connectivity index (χ1) is 7.78. The molecule has 0 spiro atoms. The quantitative estimate of drug-likeness (QED) is 0.856. The minimum atomic E-state index is -0.209. The van der Waals surface area contributed by atoms with Crippen LogP contribution in [0.5, 0.6) is 0 Å². The molecule has 0 aliphatic rings. The van der Waals surface area contributed by atoms with Gasteiger partial charge < -0.3 is 5.32 Å². The molecule has 0 atom stereocenters. The fourth-order valence-corrected chi connectivity index (χ4v) is 1.43. The summed E-state index contributed by atoms with van der Waals surface area (Å²) in [6.07, 6.45) is 1.92. The SMILES string of the molecule is CCn1ccc(NCc2ccc(F)cc2)n1. The monoisotopic (exact) mass is 219 g/mol. The summed E-state index contributed by atoms with van der Waals surface area (Å²) in [6, 6.07) is 8.37. The van der Waals surface area contributed by atoms with Gasteiger partial charge in [-0.3, -0.25) is 4.68 Å². The minimum absolute atomic E-state index is 0.209. The zero-order chi connectivity index (χ0) is 11.4. The van der Waals surface area contributed by atoms with Gasteiger partial charge >= 0.3 is 0 Å². The van der Waals surface area contributed by atoms with Crippen LogP contribution in [0.25, 0.3) is 0 Å². The summed E-state index contributed by atoms with van der Waals surface area (Å²) >= 11 is 0. The van der Waals surface area contributed by atoms with Crippen molar-refractivity contribution in [3.63, 3.8) is 0 Å². The number of aromatic nitrogens is 2. The molecule has 1 aromatic carbocycles. The Balaban J connectivity index is 1.94. The molecule has 4 heteroatoms. The lowest BCUT2D eigenvalue weighted by atomic mass is 10.2. The van der Waals surface area contributed by atoms with Gasteiger partial charge in [0.25, 0.3) is 0 Å². The largest absolute Gasteiger partial charge is 0.365 e. The third-order valence-electron chi connectivity index (χ3n) is 2.35. The molecule has 0 amide bonds. The molecule has 2 rings (SSSR count). The normalized spacial score (nSPS) is 10.4. The molecular weight excluding hydrogens is 205 g/mol. The van der Waals surface area contributed by atoms with Gasteiger partial charge in [-0.1, -0.05) is 12.1 Å². The summed E-state index contributed by atoms with van der Waals surface area (Å²) in [5.41, 5.74) is 1.03. The van der Waals surface area contributed by atoms with Gasteiger partial charge in [0.2, 0.25) is 0 Å². The molecule has 1 aromatic heterocycles. The van der Waals surface area contributed by atoms with Gasteiger partial charge in [0, 0.05) is 25.4 Å². The van der Waals surface area contributed by atoms with Crippen LogP contribution in [0.4, 0.5) is 10.2 Å². The van der Waals surface area contributed by atoms with Crippen molar-refractivity contribution in [3.8, 4) is 0 Å². The Morgan fingerprint density at radius 3 is 2.62 bits per heavy atom. The van der Waals surface area contributed by atoms with Crippen LogP contribution in [0.3, 0.4) is 0 Å². The van der Waals surface area contributed by atoms with Gasteiger partial charge in [-0.15, -0.1) is 0 Å². The molecule has 3 nitrogen and oxygen atoms in total. The molecule has 0 saturated carbocycles. The van der Waals surface area contributed by atoms with Crippen molar-refractivity contribution < 1.29 is 4.39 Å². The number of rotatable bonds is 4. The summed E-state index contributed by atoms with van der Waals surface area (Å²) in [5.74, 6) is 0.630. The van der Waals surface area contributed by atoms with Gasteiger partial charge in [-0.25, -0.2) is 4.39 Å². The van der Waals surface area contributed by atoms with Crippen molar-refractivity contribution in [1.29, 1.82) is 0 Å². The Morgan fingerprint density at radius 2 is 2.00 bits per heavy atom. The first-order valence-corrected chi connectivity index (χ1v) is 5.29. The maximum Gasteiger partial charge on any atom is 0.148 e. The molecule has 0 aliphatic carbocycles. The Hall–Kier alpha value is -1.84. The standard InChI is InChI=1S/C12H14FN3/c1-2-16-8-7-12(15-16)14-9-10-3-5-11(13)6-4-10/h3-8H,2,9H2,1H3,(H,14,15). The van der Waals surface area contributed by atoms with Gasteiger partial charge in [0.05, 0.1) is 0 Å². The topological polar surface area (TPSA) is 29.9 Å². The summed E-state index contributed by atoms with van der Waals surface area (Å²) in [5, 5.41) is 7.47. The van der Waals surface area contributed by atoms with Crippen LogP contribution in [-0.2, 0) is 13.1 Å². The third kappa shape index (κ3) is 2.59. The van der Waals surface area contributed by atoms with E-state index in [1.54, 1.807) is 12.1 Å². The highest BCUT2D eigenvalue weighted by atomic mass is 19.1. The molecule has 0 unspecified atom stereocenters. The number of nitrogens with one attached hydrogen (secondary N) is 1. The van der Waals surface area contributed by atoms with Crippen LogP contribution < -0.4 is 5.32 Å². The van der Waals surface area contributed by atoms with E-state index in [1.807, 2.05) is 23.9 Å². The van der Waals surface area contributed by atoms with Crippen LogP contribution >= 0.6 is 0 Å². The second-order valence-electron chi connectivity index (χ2n) is 3.54. The van der Waals surface area contributed by atoms with Crippen LogP contribution in [0.2, 0.25) is 0 Å². The maximum absolute atomic E-state index is 12.7. The Kier molecular flexibility index (Phi) is 3.19. The number of hydrogen-bond acceptors (Lipinski definition) is 2. The first kappa shape index (κ1) is 10.7. The number of anilines is 1. The number of benzene rings is 1. The second-order valence-corrected chi connectivity index (χ2v) is 3.54. The number of hydrogen-bond donors (Lipinski definition) is 1. The highest BCUT2D eigenvalue weighted by Crippen LogP contribution is 2.07. The van der Waals surface area contributed by atoms with Crippen molar-refractivity contribution in [2.45, 2.75) is 20.0 Å².